The van der Waals surface area contributed by atoms with Crippen LogP contribution in [0.5, 0.6) is 11.5 Å². The van der Waals surface area contributed by atoms with Crippen molar-refractivity contribution in [3.8, 4) is 11.5 Å². The molecule has 0 fully saturated rings. The van der Waals surface area contributed by atoms with Crippen molar-refractivity contribution in [1.82, 2.24) is 0 Å². The van der Waals surface area contributed by atoms with Gasteiger partial charge >= 0.3 is 0 Å². The van der Waals surface area contributed by atoms with Crippen LogP contribution in [-0.2, 0) is 4.79 Å². The van der Waals surface area contributed by atoms with Gasteiger partial charge in [0.15, 0.2) is 0 Å². The van der Waals surface area contributed by atoms with Gasteiger partial charge in [-0.15, -0.1) is 0 Å². The number of hydrogen-bond donors (Lipinski definition) is 1. The van der Waals surface area contributed by atoms with Gasteiger partial charge in [0.05, 0.1) is 13.7 Å². The largest absolute Gasteiger partial charge is 0.497 e. The van der Waals surface area contributed by atoms with Crippen molar-refractivity contribution < 1.29 is 14.3 Å². The molecule has 24 heavy (non-hydrogen) atoms. The van der Waals surface area contributed by atoms with E-state index in [0.29, 0.717) is 25.4 Å². The zero-order chi connectivity index (χ0) is 17.4. The van der Waals surface area contributed by atoms with Gasteiger partial charge in [-0.1, -0.05) is 26.0 Å². The molecule has 0 saturated heterocycles. The highest BCUT2D eigenvalue weighted by Crippen LogP contribution is 2.19. The molecular formula is C20H25NO3. The molecule has 1 amide bonds. The summed E-state index contributed by atoms with van der Waals surface area (Å²) in [5, 5.41) is 2.86. The second kappa shape index (κ2) is 8.96. The van der Waals surface area contributed by atoms with Crippen LogP contribution in [-0.4, -0.2) is 19.6 Å². The Labute approximate surface area is 143 Å². The zero-order valence-electron chi connectivity index (χ0n) is 14.5. The van der Waals surface area contributed by atoms with Gasteiger partial charge in [0.25, 0.3) is 0 Å². The molecule has 0 aromatic heterocycles. The molecule has 4 nitrogen and oxygen atoms in total. The zero-order valence-corrected chi connectivity index (χ0v) is 14.5. The van der Waals surface area contributed by atoms with Crippen LogP contribution in [0.2, 0.25) is 0 Å². The lowest BCUT2D eigenvalue weighted by Gasteiger charge is -2.09. The fourth-order valence-corrected chi connectivity index (χ4v) is 2.27. The number of hydrogen-bond acceptors (Lipinski definition) is 3. The number of carbonyl (C=O) groups excluding carboxylic acids is 1. The van der Waals surface area contributed by atoms with E-state index in [1.54, 1.807) is 7.11 Å². The van der Waals surface area contributed by atoms with Crippen molar-refractivity contribution in [2.24, 2.45) is 0 Å². The molecule has 0 aliphatic carbocycles. The normalized spacial score (nSPS) is 10.5. The third kappa shape index (κ3) is 5.61. The quantitative estimate of drug-likeness (QED) is 0.720. The van der Waals surface area contributed by atoms with Crippen molar-refractivity contribution in [3.63, 3.8) is 0 Å². The van der Waals surface area contributed by atoms with E-state index in [2.05, 4.69) is 31.3 Å². The first-order chi connectivity index (χ1) is 11.6. The molecule has 0 bridgehead atoms. The first-order valence-corrected chi connectivity index (χ1v) is 8.25. The van der Waals surface area contributed by atoms with Crippen LogP contribution in [0.1, 0.15) is 38.2 Å². The molecule has 2 rings (SSSR count). The van der Waals surface area contributed by atoms with Gasteiger partial charge in [0.2, 0.25) is 5.91 Å². The van der Waals surface area contributed by atoms with Crippen molar-refractivity contribution in [2.75, 3.05) is 19.0 Å². The Hall–Kier alpha value is -2.49. The Morgan fingerprint density at radius 1 is 1.00 bits per heavy atom. The van der Waals surface area contributed by atoms with E-state index >= 15 is 0 Å². The third-order valence-corrected chi connectivity index (χ3v) is 3.74. The Morgan fingerprint density at radius 2 is 1.62 bits per heavy atom. The summed E-state index contributed by atoms with van der Waals surface area (Å²) in [6, 6.07) is 15.4. The lowest BCUT2D eigenvalue weighted by molar-refractivity contribution is -0.116. The van der Waals surface area contributed by atoms with Crippen molar-refractivity contribution in [3.05, 3.63) is 54.1 Å². The topological polar surface area (TPSA) is 47.6 Å². The van der Waals surface area contributed by atoms with E-state index in [0.717, 1.165) is 17.2 Å². The Kier molecular flexibility index (Phi) is 6.67. The number of nitrogens with one attached hydrogen (secondary N) is 1. The predicted octanol–water partition coefficient (Wildman–Crippen LogP) is 4.62. The van der Waals surface area contributed by atoms with Gasteiger partial charge in [-0.2, -0.15) is 0 Å². The number of carbonyl (C=O) groups is 1. The number of benzene rings is 2. The van der Waals surface area contributed by atoms with E-state index in [1.807, 2.05) is 36.4 Å². The molecule has 0 atom stereocenters. The lowest BCUT2D eigenvalue weighted by atomic mass is 10.0. The molecule has 0 radical (unpaired) electrons. The highest BCUT2D eigenvalue weighted by molar-refractivity contribution is 5.90. The highest BCUT2D eigenvalue weighted by Gasteiger charge is 2.04. The van der Waals surface area contributed by atoms with Crippen LogP contribution in [0, 0.1) is 0 Å². The monoisotopic (exact) mass is 327 g/mol. The molecule has 1 N–H and O–H groups in total. The molecule has 2 aromatic rings. The summed E-state index contributed by atoms with van der Waals surface area (Å²) >= 11 is 0. The maximum Gasteiger partial charge on any atom is 0.224 e. The van der Waals surface area contributed by atoms with Gasteiger partial charge in [-0.3, -0.25) is 4.79 Å². The number of anilines is 1. The SMILES string of the molecule is COc1ccc(NC(=O)CCCOc2ccc(C(C)C)cc2)cc1. The summed E-state index contributed by atoms with van der Waals surface area (Å²) in [5.41, 5.74) is 2.06. The van der Waals surface area contributed by atoms with Crippen LogP contribution >= 0.6 is 0 Å². The number of methoxy groups -OCH3 is 1. The molecule has 0 aliphatic heterocycles. The van der Waals surface area contributed by atoms with Crippen molar-refractivity contribution >= 4 is 11.6 Å². The number of rotatable bonds is 8. The molecule has 128 valence electrons. The minimum Gasteiger partial charge on any atom is -0.497 e. The Morgan fingerprint density at radius 3 is 2.21 bits per heavy atom. The predicted molar refractivity (Wildman–Crippen MR) is 96.9 cm³/mol. The molecule has 0 heterocycles. The molecule has 0 unspecified atom stereocenters. The van der Waals surface area contributed by atoms with Crippen LogP contribution in [0.15, 0.2) is 48.5 Å². The van der Waals surface area contributed by atoms with Crippen LogP contribution < -0.4 is 14.8 Å². The average molecular weight is 327 g/mol. The van der Waals surface area contributed by atoms with E-state index in [1.165, 1.54) is 5.56 Å². The maximum absolute atomic E-state index is 11.9. The van der Waals surface area contributed by atoms with Crippen molar-refractivity contribution in [2.45, 2.75) is 32.6 Å². The average Bonchev–Trinajstić information content (AvgIpc) is 2.60. The number of amides is 1. The third-order valence-electron chi connectivity index (χ3n) is 3.74. The van der Waals surface area contributed by atoms with Crippen LogP contribution in [0.3, 0.4) is 0 Å². The van der Waals surface area contributed by atoms with Gasteiger partial charge in [0.1, 0.15) is 11.5 Å². The number of ether oxygens (including phenoxy) is 2. The molecule has 4 heteroatoms. The summed E-state index contributed by atoms with van der Waals surface area (Å²) in [6.45, 7) is 4.85. The van der Waals surface area contributed by atoms with Gasteiger partial charge in [-0.05, 0) is 54.3 Å². The van der Waals surface area contributed by atoms with E-state index in [-0.39, 0.29) is 5.91 Å². The Balaban J connectivity index is 1.68. The van der Waals surface area contributed by atoms with Crippen LogP contribution in [0.25, 0.3) is 0 Å². The Bertz CT molecular complexity index is 633. The summed E-state index contributed by atoms with van der Waals surface area (Å²) in [6.07, 6.45) is 1.10. The molecular weight excluding hydrogens is 302 g/mol. The molecule has 0 saturated carbocycles. The van der Waals surface area contributed by atoms with Gasteiger partial charge in [0, 0.05) is 12.1 Å². The minimum atomic E-state index is -0.0149. The van der Waals surface area contributed by atoms with E-state index in [9.17, 15) is 4.79 Å². The maximum atomic E-state index is 11.9. The summed E-state index contributed by atoms with van der Waals surface area (Å²) in [4.78, 5) is 11.9. The second-order valence-electron chi connectivity index (χ2n) is 5.95. The highest BCUT2D eigenvalue weighted by atomic mass is 16.5. The lowest BCUT2D eigenvalue weighted by Crippen LogP contribution is -2.12. The van der Waals surface area contributed by atoms with Gasteiger partial charge in [-0.25, -0.2) is 0 Å². The van der Waals surface area contributed by atoms with E-state index in [4.69, 9.17) is 9.47 Å². The second-order valence-corrected chi connectivity index (χ2v) is 5.95. The molecule has 0 spiro atoms. The summed E-state index contributed by atoms with van der Waals surface area (Å²) in [7, 11) is 1.62. The summed E-state index contributed by atoms with van der Waals surface area (Å²) < 4.78 is 10.8. The molecule has 0 aliphatic rings. The van der Waals surface area contributed by atoms with Crippen LogP contribution in [0.4, 0.5) is 5.69 Å². The smallest absolute Gasteiger partial charge is 0.224 e. The van der Waals surface area contributed by atoms with Gasteiger partial charge < -0.3 is 14.8 Å². The summed E-state index contributed by atoms with van der Waals surface area (Å²) in [5.74, 6) is 2.11. The first-order valence-electron chi connectivity index (χ1n) is 8.25. The first kappa shape index (κ1) is 17.9. The molecule has 2 aromatic carbocycles. The minimum absolute atomic E-state index is 0.0149. The fourth-order valence-electron chi connectivity index (χ4n) is 2.27. The van der Waals surface area contributed by atoms with Crippen molar-refractivity contribution in [1.29, 1.82) is 0 Å². The standard InChI is InChI=1S/C20H25NO3/c1-15(2)16-6-10-19(11-7-16)24-14-4-5-20(22)21-17-8-12-18(23-3)13-9-17/h6-13,15H,4-5,14H2,1-3H3,(H,21,22). The fraction of sp³-hybridized carbons (Fsp3) is 0.350. The van der Waals surface area contributed by atoms with E-state index < -0.39 is 0 Å².